The Bertz CT molecular complexity index is 339. The van der Waals surface area contributed by atoms with Crippen LogP contribution in [0.2, 0.25) is 0 Å². The molecule has 1 fully saturated rings. The van der Waals surface area contributed by atoms with Gasteiger partial charge in [-0.25, -0.2) is 4.98 Å². The Morgan fingerprint density at radius 2 is 2.38 bits per heavy atom. The number of aliphatic hydroxyl groups excluding tert-OH is 1. The van der Waals surface area contributed by atoms with Gasteiger partial charge in [-0.2, -0.15) is 0 Å². The number of hydrogen-bond acceptors (Lipinski definition) is 4. The highest BCUT2D eigenvalue weighted by atomic mass is 16.3. The Hall–Kier alpha value is -1.13. The number of nitrogens with two attached hydrogens (primary N) is 1. The average molecular weight is 221 g/mol. The third kappa shape index (κ3) is 2.03. The van der Waals surface area contributed by atoms with E-state index >= 15 is 0 Å². The third-order valence-corrected chi connectivity index (χ3v) is 3.41. The van der Waals surface area contributed by atoms with Crippen molar-refractivity contribution in [1.82, 2.24) is 4.98 Å². The van der Waals surface area contributed by atoms with Crippen molar-refractivity contribution in [3.8, 4) is 0 Å². The molecule has 2 heterocycles. The first-order chi connectivity index (χ1) is 7.76. The predicted molar refractivity (Wildman–Crippen MR) is 64.1 cm³/mol. The van der Waals surface area contributed by atoms with Crippen molar-refractivity contribution in [2.75, 3.05) is 18.1 Å². The standard InChI is InChI=1S/C12H19N3O/c1-9-4-5-15(11(9)8-16)12-3-2-10(6-13)7-14-12/h2-3,7,9,11,16H,4-6,8,13H2,1H3. The smallest absolute Gasteiger partial charge is 0.128 e. The molecule has 1 saturated heterocycles. The fourth-order valence-electron chi connectivity index (χ4n) is 2.28. The largest absolute Gasteiger partial charge is 0.394 e. The van der Waals surface area contributed by atoms with Crippen LogP contribution in [0.1, 0.15) is 18.9 Å². The third-order valence-electron chi connectivity index (χ3n) is 3.41. The number of rotatable bonds is 3. The normalized spacial score (nSPS) is 25.1. The minimum absolute atomic E-state index is 0.196. The van der Waals surface area contributed by atoms with Crippen LogP contribution in [-0.4, -0.2) is 29.3 Å². The first-order valence-corrected chi connectivity index (χ1v) is 5.78. The van der Waals surface area contributed by atoms with Crippen molar-refractivity contribution in [2.45, 2.75) is 25.9 Å². The molecule has 88 valence electrons. The van der Waals surface area contributed by atoms with Crippen LogP contribution in [0.15, 0.2) is 18.3 Å². The molecule has 1 aromatic rings. The van der Waals surface area contributed by atoms with Gasteiger partial charge in [0.25, 0.3) is 0 Å². The van der Waals surface area contributed by atoms with E-state index in [9.17, 15) is 5.11 Å². The molecule has 0 aromatic carbocycles. The summed E-state index contributed by atoms with van der Waals surface area (Å²) in [5, 5.41) is 9.38. The van der Waals surface area contributed by atoms with Gasteiger partial charge in [-0.05, 0) is 24.0 Å². The van der Waals surface area contributed by atoms with E-state index in [1.54, 1.807) is 0 Å². The summed E-state index contributed by atoms with van der Waals surface area (Å²) in [6.07, 6.45) is 2.93. The Morgan fingerprint density at radius 3 is 2.94 bits per heavy atom. The van der Waals surface area contributed by atoms with Gasteiger partial charge in [0, 0.05) is 19.3 Å². The summed E-state index contributed by atoms with van der Waals surface area (Å²) >= 11 is 0. The van der Waals surface area contributed by atoms with Crippen LogP contribution in [0.5, 0.6) is 0 Å². The molecule has 4 heteroatoms. The van der Waals surface area contributed by atoms with E-state index in [1.807, 2.05) is 18.3 Å². The maximum absolute atomic E-state index is 9.38. The maximum Gasteiger partial charge on any atom is 0.128 e. The number of pyridine rings is 1. The number of aromatic nitrogens is 1. The van der Waals surface area contributed by atoms with E-state index < -0.39 is 0 Å². The van der Waals surface area contributed by atoms with E-state index in [4.69, 9.17) is 5.73 Å². The predicted octanol–water partition coefficient (Wildman–Crippen LogP) is 0.747. The van der Waals surface area contributed by atoms with Crippen molar-refractivity contribution >= 4 is 5.82 Å². The summed E-state index contributed by atoms with van der Waals surface area (Å²) in [5.41, 5.74) is 6.57. The van der Waals surface area contributed by atoms with Crippen LogP contribution < -0.4 is 10.6 Å². The summed E-state index contributed by atoms with van der Waals surface area (Å²) in [6, 6.07) is 4.19. The molecule has 1 aliphatic heterocycles. The molecular formula is C12H19N3O. The van der Waals surface area contributed by atoms with E-state index in [1.165, 1.54) is 0 Å². The summed E-state index contributed by atoms with van der Waals surface area (Å²) in [6.45, 7) is 3.87. The van der Waals surface area contributed by atoms with Gasteiger partial charge in [-0.1, -0.05) is 13.0 Å². The van der Waals surface area contributed by atoms with Gasteiger partial charge in [-0.15, -0.1) is 0 Å². The quantitative estimate of drug-likeness (QED) is 0.790. The Labute approximate surface area is 96.1 Å². The molecule has 4 nitrogen and oxygen atoms in total. The molecule has 2 rings (SSSR count). The number of aliphatic hydroxyl groups is 1. The van der Waals surface area contributed by atoms with Crippen molar-refractivity contribution in [1.29, 1.82) is 0 Å². The topological polar surface area (TPSA) is 62.4 Å². The maximum atomic E-state index is 9.38. The lowest BCUT2D eigenvalue weighted by Crippen LogP contribution is -2.35. The number of nitrogens with zero attached hydrogens (tertiary/aromatic N) is 2. The first kappa shape index (κ1) is 11.4. The van der Waals surface area contributed by atoms with Crippen molar-refractivity contribution < 1.29 is 5.11 Å². The molecule has 1 aromatic heterocycles. The van der Waals surface area contributed by atoms with Crippen LogP contribution in [0.3, 0.4) is 0 Å². The van der Waals surface area contributed by atoms with Crippen LogP contribution in [0.4, 0.5) is 5.82 Å². The monoisotopic (exact) mass is 221 g/mol. The van der Waals surface area contributed by atoms with Gasteiger partial charge >= 0.3 is 0 Å². The lowest BCUT2D eigenvalue weighted by Gasteiger charge is -2.26. The Kier molecular flexibility index (Phi) is 3.41. The molecule has 16 heavy (non-hydrogen) atoms. The fourth-order valence-corrected chi connectivity index (χ4v) is 2.28. The van der Waals surface area contributed by atoms with Gasteiger partial charge in [0.2, 0.25) is 0 Å². The summed E-state index contributed by atoms with van der Waals surface area (Å²) in [5.74, 6) is 1.47. The zero-order valence-electron chi connectivity index (χ0n) is 9.63. The molecular weight excluding hydrogens is 202 g/mol. The van der Waals surface area contributed by atoms with Crippen LogP contribution >= 0.6 is 0 Å². The van der Waals surface area contributed by atoms with Crippen molar-refractivity contribution in [3.63, 3.8) is 0 Å². The van der Waals surface area contributed by atoms with Crippen LogP contribution in [0, 0.1) is 5.92 Å². The highest BCUT2D eigenvalue weighted by Crippen LogP contribution is 2.27. The van der Waals surface area contributed by atoms with Crippen LogP contribution in [0.25, 0.3) is 0 Å². The molecule has 0 amide bonds. The summed E-state index contributed by atoms with van der Waals surface area (Å²) in [4.78, 5) is 6.58. The average Bonchev–Trinajstić information content (AvgIpc) is 2.70. The lowest BCUT2D eigenvalue weighted by atomic mass is 10.0. The zero-order valence-corrected chi connectivity index (χ0v) is 9.63. The van der Waals surface area contributed by atoms with E-state index in [0.29, 0.717) is 12.5 Å². The SMILES string of the molecule is CC1CCN(c2ccc(CN)cn2)C1CO. The zero-order chi connectivity index (χ0) is 11.5. The highest BCUT2D eigenvalue weighted by molar-refractivity contribution is 5.42. The minimum Gasteiger partial charge on any atom is -0.394 e. The van der Waals surface area contributed by atoms with Crippen molar-refractivity contribution in [2.24, 2.45) is 11.7 Å². The minimum atomic E-state index is 0.196. The fraction of sp³-hybridized carbons (Fsp3) is 0.583. The molecule has 0 spiro atoms. The lowest BCUT2D eigenvalue weighted by molar-refractivity contribution is 0.244. The molecule has 0 aliphatic carbocycles. The second kappa shape index (κ2) is 4.80. The molecule has 0 bridgehead atoms. The van der Waals surface area contributed by atoms with E-state index in [-0.39, 0.29) is 12.6 Å². The van der Waals surface area contributed by atoms with Gasteiger partial charge in [-0.3, -0.25) is 0 Å². The second-order valence-corrected chi connectivity index (χ2v) is 4.44. The summed E-state index contributed by atoms with van der Waals surface area (Å²) in [7, 11) is 0. The molecule has 3 N–H and O–H groups in total. The molecule has 2 unspecified atom stereocenters. The van der Waals surface area contributed by atoms with E-state index in [2.05, 4.69) is 16.8 Å². The first-order valence-electron chi connectivity index (χ1n) is 5.78. The van der Waals surface area contributed by atoms with Gasteiger partial charge in [0.05, 0.1) is 12.6 Å². The van der Waals surface area contributed by atoms with Gasteiger partial charge < -0.3 is 15.7 Å². The molecule has 0 radical (unpaired) electrons. The van der Waals surface area contributed by atoms with E-state index in [0.717, 1.165) is 24.3 Å². The Balaban J connectivity index is 2.17. The van der Waals surface area contributed by atoms with Gasteiger partial charge in [0.1, 0.15) is 5.82 Å². The molecule has 1 aliphatic rings. The second-order valence-electron chi connectivity index (χ2n) is 4.44. The van der Waals surface area contributed by atoms with Crippen molar-refractivity contribution in [3.05, 3.63) is 23.9 Å². The highest BCUT2D eigenvalue weighted by Gasteiger charge is 2.31. The van der Waals surface area contributed by atoms with Crippen LogP contribution in [-0.2, 0) is 6.54 Å². The summed E-state index contributed by atoms with van der Waals surface area (Å²) < 4.78 is 0. The van der Waals surface area contributed by atoms with Gasteiger partial charge in [0.15, 0.2) is 0 Å². The number of hydrogen-bond donors (Lipinski definition) is 2. The Morgan fingerprint density at radius 1 is 1.56 bits per heavy atom. The molecule has 2 atom stereocenters. The molecule has 0 saturated carbocycles. The number of anilines is 1.